The number of benzene rings is 1. The molecule has 3 heterocycles. The molecule has 27 heavy (non-hydrogen) atoms. The number of rotatable bonds is 6. The van der Waals surface area contributed by atoms with Crippen molar-refractivity contribution in [3.05, 3.63) is 35.6 Å². The van der Waals surface area contributed by atoms with Crippen molar-refractivity contribution in [2.24, 2.45) is 11.8 Å². The third kappa shape index (κ3) is 4.19. The van der Waals surface area contributed by atoms with E-state index in [1.54, 1.807) is 12.1 Å². The van der Waals surface area contributed by atoms with E-state index in [1.807, 2.05) is 12.1 Å². The van der Waals surface area contributed by atoms with Crippen molar-refractivity contribution >= 4 is 5.97 Å². The number of likely N-dealkylation sites (tertiary alicyclic amines) is 1. The Morgan fingerprint density at radius 1 is 1.15 bits per heavy atom. The first kappa shape index (κ1) is 18.9. The first-order valence-electron chi connectivity index (χ1n) is 10.6. The van der Waals surface area contributed by atoms with Crippen molar-refractivity contribution in [3.8, 4) is 0 Å². The molecule has 0 unspecified atom stereocenters. The molecule has 0 bridgehead atoms. The summed E-state index contributed by atoms with van der Waals surface area (Å²) in [7, 11) is 0. The van der Waals surface area contributed by atoms with Crippen LogP contribution >= 0.6 is 0 Å². The molecule has 4 nitrogen and oxygen atoms in total. The van der Waals surface area contributed by atoms with Gasteiger partial charge in [-0.1, -0.05) is 12.1 Å². The first-order chi connectivity index (χ1) is 13.1. The molecule has 0 aromatic heterocycles. The summed E-state index contributed by atoms with van der Waals surface area (Å²) in [5.41, 5.74) is 1.15. The van der Waals surface area contributed by atoms with E-state index in [0.29, 0.717) is 18.0 Å². The summed E-state index contributed by atoms with van der Waals surface area (Å²) in [6.45, 7) is 4.40. The van der Waals surface area contributed by atoms with Crippen LogP contribution in [0.1, 0.15) is 50.5 Å². The molecule has 3 saturated heterocycles. The third-order valence-corrected chi connectivity index (χ3v) is 6.97. The summed E-state index contributed by atoms with van der Waals surface area (Å²) in [5, 5.41) is 9.08. The molecule has 3 aliphatic heterocycles. The van der Waals surface area contributed by atoms with E-state index in [-0.39, 0.29) is 12.2 Å². The molecule has 1 aromatic rings. The van der Waals surface area contributed by atoms with Crippen molar-refractivity contribution in [1.82, 2.24) is 9.80 Å². The second-order valence-electron chi connectivity index (χ2n) is 8.64. The van der Waals surface area contributed by atoms with Gasteiger partial charge in [0.25, 0.3) is 0 Å². The van der Waals surface area contributed by atoms with Crippen LogP contribution in [0.3, 0.4) is 0 Å². The predicted octanol–water partition coefficient (Wildman–Crippen LogP) is 3.76. The summed E-state index contributed by atoms with van der Waals surface area (Å²) in [5.74, 6) is 0.481. The smallest absolute Gasteiger partial charge is 0.303 e. The summed E-state index contributed by atoms with van der Waals surface area (Å²) in [6, 6.07) is 8.01. The van der Waals surface area contributed by atoms with Crippen molar-refractivity contribution in [3.63, 3.8) is 0 Å². The number of halogens is 1. The summed E-state index contributed by atoms with van der Waals surface area (Å²) in [6.07, 6.45) is 7.07. The summed E-state index contributed by atoms with van der Waals surface area (Å²) >= 11 is 0. The molecule has 0 aliphatic carbocycles. The number of hydrogen-bond donors (Lipinski definition) is 1. The fourth-order valence-electron chi connectivity index (χ4n) is 5.95. The fourth-order valence-corrected chi connectivity index (χ4v) is 5.95. The fraction of sp³-hybridized carbons (Fsp3) is 0.682. The lowest BCUT2D eigenvalue weighted by Gasteiger charge is -2.57. The second kappa shape index (κ2) is 8.27. The minimum atomic E-state index is -0.697. The molecule has 1 N–H and O–H groups in total. The van der Waals surface area contributed by atoms with Crippen LogP contribution in [-0.2, 0) is 11.3 Å². The van der Waals surface area contributed by atoms with Crippen molar-refractivity contribution < 1.29 is 14.3 Å². The molecule has 0 radical (unpaired) electrons. The van der Waals surface area contributed by atoms with Gasteiger partial charge in [0.15, 0.2) is 0 Å². The number of piperidine rings is 3. The zero-order chi connectivity index (χ0) is 18.8. The number of carboxylic acid groups (broad SMARTS) is 1. The van der Waals surface area contributed by atoms with Gasteiger partial charge in [-0.25, -0.2) is 4.39 Å². The molecule has 0 saturated carbocycles. The molecule has 148 valence electrons. The lowest BCUT2D eigenvalue weighted by Crippen LogP contribution is -2.64. The Bertz CT molecular complexity index is 648. The van der Waals surface area contributed by atoms with Gasteiger partial charge in [-0.15, -0.1) is 0 Å². The van der Waals surface area contributed by atoms with Crippen molar-refractivity contribution in [2.75, 3.05) is 19.6 Å². The van der Waals surface area contributed by atoms with E-state index in [9.17, 15) is 9.18 Å². The lowest BCUT2D eigenvalue weighted by molar-refractivity contribution is -0.137. The highest BCUT2D eigenvalue weighted by Gasteiger charge is 2.48. The van der Waals surface area contributed by atoms with Gasteiger partial charge < -0.3 is 5.11 Å². The third-order valence-electron chi connectivity index (χ3n) is 6.97. The maximum atomic E-state index is 13.3. The first-order valence-corrected chi connectivity index (χ1v) is 10.6. The number of carbonyl (C=O) groups is 1. The van der Waals surface area contributed by atoms with Gasteiger partial charge in [0.05, 0.1) is 0 Å². The normalized spacial score (nSPS) is 31.4. The average Bonchev–Trinajstić information content (AvgIpc) is 2.66. The van der Waals surface area contributed by atoms with Crippen LogP contribution in [0.4, 0.5) is 4.39 Å². The number of nitrogens with zero attached hydrogens (tertiary/aromatic N) is 2. The van der Waals surface area contributed by atoms with Crippen LogP contribution in [0.5, 0.6) is 0 Å². The van der Waals surface area contributed by atoms with Gasteiger partial charge >= 0.3 is 5.97 Å². The standard InChI is InChI=1S/C22H31FN2O2/c23-18-10-8-16(9-11-18)14-25-15-17-4-2-12-24-13-3-5-19(22(17)24)20(25)6-1-7-21(26)27/h8-11,17,19-20,22H,1-7,12-15H2,(H,26,27)/t17-,19+,20+,22-/m0/s1. The van der Waals surface area contributed by atoms with Crippen LogP contribution in [-0.4, -0.2) is 52.6 Å². The minimum Gasteiger partial charge on any atom is -0.481 e. The van der Waals surface area contributed by atoms with Crippen molar-refractivity contribution in [2.45, 2.75) is 63.6 Å². The molecule has 4 rings (SSSR count). The van der Waals surface area contributed by atoms with Gasteiger partial charge in [-0.05, 0) is 81.1 Å². The molecule has 0 spiro atoms. The molecule has 1 aromatic carbocycles. The van der Waals surface area contributed by atoms with E-state index < -0.39 is 5.97 Å². The van der Waals surface area contributed by atoms with E-state index in [1.165, 1.54) is 38.8 Å². The van der Waals surface area contributed by atoms with Gasteiger partial charge in [0.1, 0.15) is 5.82 Å². The Kier molecular flexibility index (Phi) is 5.79. The number of carboxylic acids is 1. The Hall–Kier alpha value is -1.46. The van der Waals surface area contributed by atoms with Crippen LogP contribution in [0.15, 0.2) is 24.3 Å². The minimum absolute atomic E-state index is 0.189. The van der Waals surface area contributed by atoms with Crippen LogP contribution < -0.4 is 0 Å². The van der Waals surface area contributed by atoms with E-state index in [4.69, 9.17) is 5.11 Å². The second-order valence-corrected chi connectivity index (χ2v) is 8.64. The van der Waals surface area contributed by atoms with Crippen LogP contribution in [0.2, 0.25) is 0 Å². The Morgan fingerprint density at radius 3 is 2.63 bits per heavy atom. The average molecular weight is 375 g/mol. The highest BCUT2D eigenvalue weighted by molar-refractivity contribution is 5.66. The zero-order valence-corrected chi connectivity index (χ0v) is 16.0. The molecular formula is C22H31FN2O2. The van der Waals surface area contributed by atoms with Gasteiger partial charge in [0.2, 0.25) is 0 Å². The van der Waals surface area contributed by atoms with Gasteiger partial charge in [-0.2, -0.15) is 0 Å². The predicted molar refractivity (Wildman–Crippen MR) is 103 cm³/mol. The van der Waals surface area contributed by atoms with E-state index in [0.717, 1.165) is 37.4 Å². The lowest BCUT2D eigenvalue weighted by atomic mass is 9.69. The number of hydrogen-bond acceptors (Lipinski definition) is 3. The van der Waals surface area contributed by atoms with Crippen LogP contribution in [0.25, 0.3) is 0 Å². The highest BCUT2D eigenvalue weighted by atomic mass is 19.1. The highest BCUT2D eigenvalue weighted by Crippen LogP contribution is 2.43. The maximum absolute atomic E-state index is 13.3. The van der Waals surface area contributed by atoms with Gasteiger partial charge in [0, 0.05) is 31.6 Å². The summed E-state index contributed by atoms with van der Waals surface area (Å²) < 4.78 is 13.3. The van der Waals surface area contributed by atoms with Crippen LogP contribution in [0, 0.1) is 17.7 Å². The van der Waals surface area contributed by atoms with E-state index in [2.05, 4.69) is 9.80 Å². The monoisotopic (exact) mass is 374 g/mol. The topological polar surface area (TPSA) is 43.8 Å². The summed E-state index contributed by atoms with van der Waals surface area (Å²) in [4.78, 5) is 16.3. The molecule has 3 fully saturated rings. The maximum Gasteiger partial charge on any atom is 0.303 e. The van der Waals surface area contributed by atoms with E-state index >= 15 is 0 Å². The van der Waals surface area contributed by atoms with Gasteiger partial charge in [-0.3, -0.25) is 14.6 Å². The Balaban J connectivity index is 1.54. The quantitative estimate of drug-likeness (QED) is 0.823. The SMILES string of the molecule is O=C(O)CCC[C@@H]1[C@H]2CCCN3CCC[C@@H](CN1Cc1ccc(F)cc1)[C@@H]23. The Labute approximate surface area is 161 Å². The molecule has 3 aliphatic rings. The molecule has 0 amide bonds. The largest absolute Gasteiger partial charge is 0.481 e. The Morgan fingerprint density at radius 2 is 1.89 bits per heavy atom. The zero-order valence-electron chi connectivity index (χ0n) is 16.0. The molecule has 4 atom stereocenters. The molecule has 5 heteroatoms. The molecular weight excluding hydrogens is 343 g/mol. The number of aliphatic carboxylic acids is 1. The van der Waals surface area contributed by atoms with Crippen molar-refractivity contribution in [1.29, 1.82) is 0 Å².